The fraction of sp³-hybridized carbons (Fsp3) is 0.273. The van der Waals surface area contributed by atoms with E-state index in [2.05, 4.69) is 87.6 Å². The molecule has 0 saturated carbocycles. The smallest absolute Gasteiger partial charge is 0.0491 e. The van der Waals surface area contributed by atoms with E-state index in [-0.39, 0.29) is 6.04 Å². The molecule has 2 atom stereocenters. The average molecular weight is 303 g/mol. The van der Waals surface area contributed by atoms with Gasteiger partial charge in [-0.1, -0.05) is 61.0 Å². The standard InChI is InChI=1S/C22H25N/c1-15-14-16(2)22(17(15)3)21-13-9-8-12-20(21)18(4)23-19-10-6-5-7-11-19/h5-14,16,18,23H,1-4H3. The lowest BCUT2D eigenvalue weighted by atomic mass is 9.88. The van der Waals surface area contributed by atoms with E-state index >= 15 is 0 Å². The van der Waals surface area contributed by atoms with E-state index in [1.807, 2.05) is 6.07 Å². The van der Waals surface area contributed by atoms with E-state index < -0.39 is 0 Å². The van der Waals surface area contributed by atoms with Crippen LogP contribution in [0.4, 0.5) is 5.69 Å². The molecule has 3 rings (SSSR count). The van der Waals surface area contributed by atoms with Crippen LogP contribution in [-0.2, 0) is 0 Å². The predicted octanol–water partition coefficient (Wildman–Crippen LogP) is 6.23. The topological polar surface area (TPSA) is 12.0 Å². The second-order valence-electron chi connectivity index (χ2n) is 6.50. The molecule has 23 heavy (non-hydrogen) atoms. The Hall–Kier alpha value is -2.28. The first kappa shape index (κ1) is 15.6. The molecular weight excluding hydrogens is 278 g/mol. The lowest BCUT2D eigenvalue weighted by Crippen LogP contribution is -2.10. The minimum atomic E-state index is 0.266. The third kappa shape index (κ3) is 3.10. The van der Waals surface area contributed by atoms with Gasteiger partial charge in [-0.05, 0) is 55.2 Å². The monoisotopic (exact) mass is 303 g/mol. The average Bonchev–Trinajstić information content (AvgIpc) is 2.81. The Morgan fingerprint density at radius 1 is 0.913 bits per heavy atom. The van der Waals surface area contributed by atoms with Crippen LogP contribution in [0.5, 0.6) is 0 Å². The van der Waals surface area contributed by atoms with Crippen molar-refractivity contribution in [3.05, 3.63) is 82.9 Å². The van der Waals surface area contributed by atoms with Gasteiger partial charge in [-0.15, -0.1) is 0 Å². The second kappa shape index (κ2) is 6.45. The molecule has 0 aliphatic heterocycles. The lowest BCUT2D eigenvalue weighted by Gasteiger charge is -2.22. The SMILES string of the molecule is CC1=CC(C)C(c2ccccc2C(C)Nc2ccccc2)=C1C. The van der Waals surface area contributed by atoms with Crippen molar-refractivity contribution >= 4 is 11.3 Å². The van der Waals surface area contributed by atoms with Gasteiger partial charge in [-0.2, -0.15) is 0 Å². The van der Waals surface area contributed by atoms with Crippen LogP contribution in [-0.4, -0.2) is 0 Å². The number of hydrogen-bond donors (Lipinski definition) is 1. The van der Waals surface area contributed by atoms with Crippen LogP contribution in [0.1, 0.15) is 44.9 Å². The number of nitrogens with one attached hydrogen (secondary N) is 1. The van der Waals surface area contributed by atoms with Gasteiger partial charge in [-0.25, -0.2) is 0 Å². The van der Waals surface area contributed by atoms with Crippen LogP contribution in [0.15, 0.2) is 71.8 Å². The largest absolute Gasteiger partial charge is 0.378 e. The van der Waals surface area contributed by atoms with E-state index in [4.69, 9.17) is 0 Å². The zero-order valence-electron chi connectivity index (χ0n) is 14.4. The van der Waals surface area contributed by atoms with Crippen LogP contribution >= 0.6 is 0 Å². The Morgan fingerprint density at radius 3 is 2.22 bits per heavy atom. The number of benzene rings is 2. The molecule has 118 valence electrons. The third-order valence-corrected chi connectivity index (χ3v) is 4.83. The summed E-state index contributed by atoms with van der Waals surface area (Å²) in [5.41, 5.74) is 8.21. The molecular formula is C22H25N. The van der Waals surface area contributed by atoms with Crippen LogP contribution < -0.4 is 5.32 Å². The Morgan fingerprint density at radius 2 is 1.57 bits per heavy atom. The Labute approximate surface area is 139 Å². The molecule has 1 aliphatic carbocycles. The fourth-order valence-corrected chi connectivity index (χ4v) is 3.57. The van der Waals surface area contributed by atoms with Gasteiger partial charge in [0, 0.05) is 17.6 Å². The molecule has 0 spiro atoms. The molecule has 2 aromatic rings. The van der Waals surface area contributed by atoms with Gasteiger partial charge in [0.1, 0.15) is 0 Å². The highest BCUT2D eigenvalue weighted by Crippen LogP contribution is 2.40. The summed E-state index contributed by atoms with van der Waals surface area (Å²) in [4.78, 5) is 0. The number of hydrogen-bond acceptors (Lipinski definition) is 1. The van der Waals surface area contributed by atoms with Crippen LogP contribution in [0.3, 0.4) is 0 Å². The van der Waals surface area contributed by atoms with Gasteiger partial charge in [-0.3, -0.25) is 0 Å². The van der Waals surface area contributed by atoms with E-state index in [1.54, 1.807) is 0 Å². The van der Waals surface area contributed by atoms with Crippen molar-refractivity contribution in [2.45, 2.75) is 33.7 Å². The number of anilines is 1. The van der Waals surface area contributed by atoms with Crippen LogP contribution in [0.25, 0.3) is 5.57 Å². The zero-order chi connectivity index (χ0) is 16.4. The highest BCUT2D eigenvalue weighted by molar-refractivity contribution is 5.80. The molecule has 0 saturated heterocycles. The van der Waals surface area contributed by atoms with E-state index in [9.17, 15) is 0 Å². The van der Waals surface area contributed by atoms with Crippen molar-refractivity contribution in [2.75, 3.05) is 5.32 Å². The first-order chi connectivity index (χ1) is 11.1. The molecule has 0 radical (unpaired) electrons. The van der Waals surface area contributed by atoms with Crippen molar-refractivity contribution in [1.82, 2.24) is 0 Å². The van der Waals surface area contributed by atoms with Crippen molar-refractivity contribution in [2.24, 2.45) is 5.92 Å². The number of para-hydroxylation sites is 1. The summed E-state index contributed by atoms with van der Waals surface area (Å²) in [6, 6.07) is 19.5. The maximum Gasteiger partial charge on any atom is 0.0491 e. The van der Waals surface area contributed by atoms with Gasteiger partial charge in [0.25, 0.3) is 0 Å². The summed E-state index contributed by atoms with van der Waals surface area (Å²) >= 11 is 0. The summed E-state index contributed by atoms with van der Waals surface area (Å²) in [5, 5.41) is 3.62. The first-order valence-electron chi connectivity index (χ1n) is 8.38. The summed E-state index contributed by atoms with van der Waals surface area (Å²) < 4.78 is 0. The van der Waals surface area contributed by atoms with Gasteiger partial charge < -0.3 is 5.32 Å². The summed E-state index contributed by atoms with van der Waals surface area (Å²) in [7, 11) is 0. The zero-order valence-corrected chi connectivity index (χ0v) is 14.4. The third-order valence-electron chi connectivity index (χ3n) is 4.83. The van der Waals surface area contributed by atoms with Crippen LogP contribution in [0, 0.1) is 5.92 Å². The summed E-state index contributed by atoms with van der Waals surface area (Å²) in [6.45, 7) is 8.99. The van der Waals surface area contributed by atoms with Gasteiger partial charge >= 0.3 is 0 Å². The number of allylic oxidation sites excluding steroid dienone is 4. The van der Waals surface area contributed by atoms with E-state index in [0.717, 1.165) is 5.69 Å². The van der Waals surface area contributed by atoms with Crippen molar-refractivity contribution in [1.29, 1.82) is 0 Å². The maximum atomic E-state index is 3.62. The minimum absolute atomic E-state index is 0.266. The lowest BCUT2D eigenvalue weighted by molar-refractivity contribution is 0.872. The van der Waals surface area contributed by atoms with Crippen molar-refractivity contribution in [3.63, 3.8) is 0 Å². The molecule has 2 aromatic carbocycles. The van der Waals surface area contributed by atoms with Crippen molar-refractivity contribution in [3.8, 4) is 0 Å². The second-order valence-corrected chi connectivity index (χ2v) is 6.50. The molecule has 2 unspecified atom stereocenters. The fourth-order valence-electron chi connectivity index (χ4n) is 3.57. The number of rotatable bonds is 4. The molecule has 1 aliphatic rings. The highest BCUT2D eigenvalue weighted by Gasteiger charge is 2.22. The Kier molecular flexibility index (Phi) is 4.38. The highest BCUT2D eigenvalue weighted by atomic mass is 14.9. The summed E-state index contributed by atoms with van der Waals surface area (Å²) in [6.07, 6.45) is 2.37. The molecule has 1 N–H and O–H groups in total. The molecule has 0 amide bonds. The van der Waals surface area contributed by atoms with E-state index in [1.165, 1.54) is 27.8 Å². The minimum Gasteiger partial charge on any atom is -0.378 e. The predicted molar refractivity (Wildman–Crippen MR) is 100 cm³/mol. The summed E-state index contributed by atoms with van der Waals surface area (Å²) in [5.74, 6) is 0.486. The Balaban J connectivity index is 1.96. The first-order valence-corrected chi connectivity index (χ1v) is 8.38. The van der Waals surface area contributed by atoms with Gasteiger partial charge in [0.2, 0.25) is 0 Å². The van der Waals surface area contributed by atoms with E-state index in [0.29, 0.717) is 5.92 Å². The molecule has 1 nitrogen and oxygen atoms in total. The molecule has 0 aromatic heterocycles. The van der Waals surface area contributed by atoms with Crippen molar-refractivity contribution < 1.29 is 0 Å². The molecule has 1 heteroatoms. The van der Waals surface area contributed by atoms with Gasteiger partial charge in [0.05, 0.1) is 0 Å². The Bertz CT molecular complexity index is 753. The molecule has 0 fully saturated rings. The normalized spacial score (nSPS) is 18.8. The van der Waals surface area contributed by atoms with Crippen LogP contribution in [0.2, 0.25) is 0 Å². The maximum absolute atomic E-state index is 3.62. The molecule has 0 bridgehead atoms. The quantitative estimate of drug-likeness (QED) is 0.706. The van der Waals surface area contributed by atoms with Gasteiger partial charge in [0.15, 0.2) is 0 Å². The molecule has 0 heterocycles.